The first-order valence-electron chi connectivity index (χ1n) is 6.54. The lowest BCUT2D eigenvalue weighted by Gasteiger charge is -2.12. The molecule has 0 unspecified atom stereocenters. The molecule has 7 nitrogen and oxygen atoms in total. The summed E-state index contributed by atoms with van der Waals surface area (Å²) in [5, 5.41) is 0. The lowest BCUT2D eigenvalue weighted by atomic mass is 10.2. The molecule has 0 saturated carbocycles. The second kappa shape index (κ2) is 6.13. The molecular weight excluding hydrogens is 357 g/mol. The first-order chi connectivity index (χ1) is 11.4. The van der Waals surface area contributed by atoms with Crippen molar-refractivity contribution in [3.05, 3.63) is 47.8 Å². The van der Waals surface area contributed by atoms with Crippen molar-refractivity contribution in [2.45, 2.75) is 4.90 Å². The Kier molecular flexibility index (Phi) is 4.16. The number of methoxy groups -OCH3 is 1. The Bertz CT molecular complexity index is 1030. The Morgan fingerprint density at radius 3 is 2.79 bits per heavy atom. The van der Waals surface area contributed by atoms with Crippen LogP contribution in [-0.4, -0.2) is 30.2 Å². The quantitative estimate of drug-likeness (QED) is 0.711. The molecule has 1 N–H and O–H groups in total. The maximum atomic E-state index is 13.5. The number of ether oxygens (including phenoxy) is 1. The molecule has 0 saturated heterocycles. The number of benzene rings is 2. The van der Waals surface area contributed by atoms with Crippen LogP contribution in [0.3, 0.4) is 0 Å². The van der Waals surface area contributed by atoms with Gasteiger partial charge in [0.25, 0.3) is 10.0 Å². The maximum Gasteiger partial charge on any atom is 0.339 e. The summed E-state index contributed by atoms with van der Waals surface area (Å²) in [7, 11) is -2.97. The summed E-state index contributed by atoms with van der Waals surface area (Å²) in [6.07, 6.45) is 0. The summed E-state index contributed by atoms with van der Waals surface area (Å²) in [6, 6.07) is 7.58. The summed E-state index contributed by atoms with van der Waals surface area (Å²) in [6.45, 7) is 0. The fourth-order valence-electron chi connectivity index (χ4n) is 2.09. The molecule has 0 radical (unpaired) electrons. The molecule has 124 valence electrons. The normalized spacial score (nSPS) is 11.4. The second-order valence-corrected chi connectivity index (χ2v) is 6.85. The second-order valence-electron chi connectivity index (χ2n) is 4.68. The highest BCUT2D eigenvalue weighted by atomic mass is 32.2. The summed E-state index contributed by atoms with van der Waals surface area (Å²) >= 11 is 0.877. The highest BCUT2D eigenvalue weighted by Gasteiger charge is 2.23. The van der Waals surface area contributed by atoms with Crippen molar-refractivity contribution in [2.75, 3.05) is 11.8 Å². The van der Waals surface area contributed by atoms with Crippen molar-refractivity contribution in [3.8, 4) is 0 Å². The molecular formula is C14H10FN3O4S2. The van der Waals surface area contributed by atoms with Gasteiger partial charge in [-0.2, -0.15) is 8.75 Å². The highest BCUT2D eigenvalue weighted by Crippen LogP contribution is 2.26. The lowest BCUT2D eigenvalue weighted by Crippen LogP contribution is -2.16. The van der Waals surface area contributed by atoms with Crippen LogP contribution in [0, 0.1) is 5.82 Å². The van der Waals surface area contributed by atoms with Gasteiger partial charge in [-0.3, -0.25) is 4.72 Å². The van der Waals surface area contributed by atoms with E-state index in [1.54, 1.807) is 6.07 Å². The Morgan fingerprint density at radius 1 is 1.25 bits per heavy atom. The Morgan fingerprint density at radius 2 is 2.04 bits per heavy atom. The van der Waals surface area contributed by atoms with Crippen molar-refractivity contribution in [3.63, 3.8) is 0 Å². The van der Waals surface area contributed by atoms with Crippen LogP contribution >= 0.6 is 11.7 Å². The van der Waals surface area contributed by atoms with Gasteiger partial charge in [-0.05, 0) is 30.3 Å². The molecule has 1 heterocycles. The Labute approximate surface area is 140 Å². The van der Waals surface area contributed by atoms with Crippen molar-refractivity contribution >= 4 is 44.4 Å². The van der Waals surface area contributed by atoms with E-state index in [2.05, 4.69) is 18.2 Å². The number of esters is 1. The van der Waals surface area contributed by atoms with Gasteiger partial charge in [0, 0.05) is 0 Å². The van der Waals surface area contributed by atoms with Gasteiger partial charge in [0.1, 0.15) is 21.7 Å². The maximum absolute atomic E-state index is 13.5. The van der Waals surface area contributed by atoms with Crippen LogP contribution in [0.5, 0.6) is 0 Å². The van der Waals surface area contributed by atoms with Crippen LogP contribution in [0.2, 0.25) is 0 Å². The van der Waals surface area contributed by atoms with Gasteiger partial charge in [-0.1, -0.05) is 6.07 Å². The summed E-state index contributed by atoms with van der Waals surface area (Å²) < 4.78 is 53.5. The molecule has 0 atom stereocenters. The molecule has 1 aromatic heterocycles. The smallest absolute Gasteiger partial charge is 0.339 e. The Balaban J connectivity index is 2.09. The molecule has 0 spiro atoms. The number of hydrogen-bond acceptors (Lipinski definition) is 7. The predicted octanol–water partition coefficient (Wildman–Crippen LogP) is 2.42. The molecule has 0 aliphatic heterocycles. The van der Waals surface area contributed by atoms with Crippen LogP contribution < -0.4 is 4.72 Å². The van der Waals surface area contributed by atoms with E-state index in [1.165, 1.54) is 12.1 Å². The van der Waals surface area contributed by atoms with Crippen molar-refractivity contribution < 1.29 is 22.3 Å². The lowest BCUT2D eigenvalue weighted by molar-refractivity contribution is 0.0602. The van der Waals surface area contributed by atoms with Crippen molar-refractivity contribution in [2.24, 2.45) is 0 Å². The summed E-state index contributed by atoms with van der Waals surface area (Å²) in [5.74, 6) is -1.49. The number of rotatable bonds is 4. The predicted molar refractivity (Wildman–Crippen MR) is 86.0 cm³/mol. The minimum Gasteiger partial charge on any atom is -0.465 e. The van der Waals surface area contributed by atoms with Gasteiger partial charge in [-0.25, -0.2) is 17.6 Å². The molecule has 0 aliphatic rings. The number of carbonyl (C=O) groups is 1. The van der Waals surface area contributed by atoms with Gasteiger partial charge in [0.2, 0.25) is 0 Å². The molecule has 0 bridgehead atoms. The summed E-state index contributed by atoms with van der Waals surface area (Å²) in [5.41, 5.74) is 0.300. The van der Waals surface area contributed by atoms with Gasteiger partial charge in [-0.15, -0.1) is 0 Å². The van der Waals surface area contributed by atoms with Crippen LogP contribution in [-0.2, 0) is 14.8 Å². The number of halogens is 1. The van der Waals surface area contributed by atoms with E-state index in [9.17, 15) is 17.6 Å². The van der Waals surface area contributed by atoms with E-state index in [0.29, 0.717) is 5.52 Å². The van der Waals surface area contributed by atoms with Crippen LogP contribution in [0.15, 0.2) is 41.3 Å². The number of aromatic nitrogens is 2. The fraction of sp³-hybridized carbons (Fsp3) is 0.0714. The zero-order chi connectivity index (χ0) is 17.3. The molecule has 2 aromatic carbocycles. The minimum absolute atomic E-state index is 0.106. The molecule has 0 amide bonds. The topological polar surface area (TPSA) is 98.2 Å². The zero-order valence-electron chi connectivity index (χ0n) is 12.2. The third kappa shape index (κ3) is 2.93. The van der Waals surface area contributed by atoms with E-state index in [4.69, 9.17) is 0 Å². The van der Waals surface area contributed by atoms with Gasteiger partial charge >= 0.3 is 5.97 Å². The molecule has 10 heteroatoms. The highest BCUT2D eigenvalue weighted by molar-refractivity contribution is 7.93. The largest absolute Gasteiger partial charge is 0.465 e. The average Bonchev–Trinajstić information content (AvgIpc) is 3.02. The first-order valence-corrected chi connectivity index (χ1v) is 8.75. The van der Waals surface area contributed by atoms with Crippen molar-refractivity contribution in [1.29, 1.82) is 0 Å². The van der Waals surface area contributed by atoms with Crippen LogP contribution in [0.4, 0.5) is 10.1 Å². The first kappa shape index (κ1) is 16.3. The van der Waals surface area contributed by atoms with E-state index in [-0.39, 0.29) is 21.7 Å². The van der Waals surface area contributed by atoms with E-state index >= 15 is 0 Å². The van der Waals surface area contributed by atoms with Crippen LogP contribution in [0.25, 0.3) is 11.0 Å². The number of nitrogens with one attached hydrogen (secondary N) is 1. The number of carbonyl (C=O) groups excluding carboxylic acids is 1. The zero-order valence-corrected chi connectivity index (χ0v) is 13.8. The standard InChI is InChI=1S/C14H10FN3O4S2/c1-22-14(19)9-6-5-8(15)7-11(9)18-24(20,21)12-4-2-3-10-13(12)17-23-16-10/h2-7,18H,1H3. The minimum atomic E-state index is -4.11. The third-order valence-corrected chi connectivity index (χ3v) is 5.11. The molecule has 3 rings (SSSR count). The number of hydrogen-bond donors (Lipinski definition) is 1. The number of nitrogens with zero attached hydrogens (tertiary/aromatic N) is 2. The van der Waals surface area contributed by atoms with E-state index in [0.717, 1.165) is 37.0 Å². The number of sulfonamides is 1. The van der Waals surface area contributed by atoms with Gasteiger partial charge in [0.05, 0.1) is 30.1 Å². The molecule has 24 heavy (non-hydrogen) atoms. The Hall–Kier alpha value is -2.59. The fourth-order valence-corrected chi connectivity index (χ4v) is 3.93. The molecule has 0 fully saturated rings. The third-order valence-electron chi connectivity index (χ3n) is 3.17. The van der Waals surface area contributed by atoms with Crippen molar-refractivity contribution in [1.82, 2.24) is 8.75 Å². The summed E-state index contributed by atoms with van der Waals surface area (Å²) in [4.78, 5) is 11.6. The average molecular weight is 367 g/mol. The van der Waals surface area contributed by atoms with Gasteiger partial charge in [0.15, 0.2) is 0 Å². The SMILES string of the molecule is COC(=O)c1ccc(F)cc1NS(=O)(=O)c1cccc2nsnc12. The van der Waals surface area contributed by atoms with Gasteiger partial charge < -0.3 is 4.74 Å². The molecule has 0 aliphatic carbocycles. The number of fused-ring (bicyclic) bond motifs is 1. The van der Waals surface area contributed by atoms with Crippen LogP contribution in [0.1, 0.15) is 10.4 Å². The number of anilines is 1. The molecule has 3 aromatic rings. The monoisotopic (exact) mass is 367 g/mol. The van der Waals surface area contributed by atoms with E-state index < -0.39 is 21.8 Å². The van der Waals surface area contributed by atoms with E-state index in [1.807, 2.05) is 0 Å².